The van der Waals surface area contributed by atoms with Gasteiger partial charge in [-0.3, -0.25) is 0 Å². The van der Waals surface area contributed by atoms with Gasteiger partial charge in [-0.15, -0.1) is 0 Å². The third-order valence-corrected chi connectivity index (χ3v) is 3.36. The zero-order chi connectivity index (χ0) is 16.9. The Hall–Kier alpha value is -2.10. The van der Waals surface area contributed by atoms with Crippen LogP contribution in [0.15, 0.2) is 42.5 Å². The van der Waals surface area contributed by atoms with Crippen molar-refractivity contribution in [2.75, 3.05) is 6.61 Å². The predicted molar refractivity (Wildman–Crippen MR) is 89.9 cm³/mol. The Morgan fingerprint density at radius 2 is 1.78 bits per heavy atom. The van der Waals surface area contributed by atoms with Crippen LogP contribution in [0.3, 0.4) is 0 Å². The zero-order valence-corrected chi connectivity index (χ0v) is 14.0. The van der Waals surface area contributed by atoms with Gasteiger partial charge < -0.3 is 9.47 Å². The number of rotatable bonds is 10. The summed E-state index contributed by atoms with van der Waals surface area (Å²) in [6.07, 6.45) is 6.91. The molecule has 4 nitrogen and oxygen atoms in total. The second-order valence-corrected chi connectivity index (χ2v) is 5.48. The topological polar surface area (TPSA) is 52.6 Å². The van der Waals surface area contributed by atoms with Crippen LogP contribution in [-0.2, 0) is 25.5 Å². The summed E-state index contributed by atoms with van der Waals surface area (Å²) < 4.78 is 10.2. The molecule has 1 unspecified atom stereocenters. The molecule has 1 rings (SSSR count). The van der Waals surface area contributed by atoms with E-state index in [1.807, 2.05) is 37.3 Å². The van der Waals surface area contributed by atoms with Gasteiger partial charge >= 0.3 is 11.9 Å². The standard InChI is InChI=1S/C19H26O4/c1-3-4-6-9-16(2)23-19(21)13-12-18(20)22-15-14-17-10-7-5-8-11-17/h5,7-8,10-13,16H,3-4,6,9,14-15H2,1-2H3/b13-12+. The van der Waals surface area contributed by atoms with Crippen molar-refractivity contribution in [1.29, 1.82) is 0 Å². The fourth-order valence-corrected chi connectivity index (χ4v) is 2.08. The van der Waals surface area contributed by atoms with E-state index in [2.05, 4.69) is 6.92 Å². The van der Waals surface area contributed by atoms with Gasteiger partial charge in [-0.05, 0) is 25.3 Å². The summed E-state index contributed by atoms with van der Waals surface area (Å²) in [5, 5.41) is 0. The van der Waals surface area contributed by atoms with Gasteiger partial charge in [-0.2, -0.15) is 0 Å². The summed E-state index contributed by atoms with van der Waals surface area (Å²) in [5.74, 6) is -1.04. The third kappa shape index (κ3) is 9.51. The van der Waals surface area contributed by atoms with E-state index in [4.69, 9.17) is 9.47 Å². The smallest absolute Gasteiger partial charge is 0.331 e. The molecule has 0 fully saturated rings. The molecular weight excluding hydrogens is 292 g/mol. The van der Waals surface area contributed by atoms with E-state index in [1.54, 1.807) is 0 Å². The van der Waals surface area contributed by atoms with Crippen LogP contribution >= 0.6 is 0 Å². The van der Waals surface area contributed by atoms with Gasteiger partial charge in [0, 0.05) is 18.6 Å². The summed E-state index contributed by atoms with van der Waals surface area (Å²) >= 11 is 0. The maximum atomic E-state index is 11.6. The highest BCUT2D eigenvalue weighted by Crippen LogP contribution is 2.06. The highest BCUT2D eigenvalue weighted by molar-refractivity contribution is 5.91. The van der Waals surface area contributed by atoms with Gasteiger partial charge in [0.05, 0.1) is 12.7 Å². The summed E-state index contributed by atoms with van der Waals surface area (Å²) in [5.41, 5.74) is 1.10. The van der Waals surface area contributed by atoms with Gasteiger partial charge in [-0.25, -0.2) is 9.59 Å². The van der Waals surface area contributed by atoms with Gasteiger partial charge in [-0.1, -0.05) is 50.1 Å². The lowest BCUT2D eigenvalue weighted by Gasteiger charge is -2.10. The number of hydrogen-bond acceptors (Lipinski definition) is 4. The molecule has 0 bridgehead atoms. The summed E-state index contributed by atoms with van der Waals surface area (Å²) in [6.45, 7) is 4.28. The van der Waals surface area contributed by atoms with Crippen LogP contribution in [0.25, 0.3) is 0 Å². The van der Waals surface area contributed by atoms with E-state index in [0.29, 0.717) is 6.42 Å². The second kappa shape index (κ2) is 11.5. The highest BCUT2D eigenvalue weighted by Gasteiger charge is 2.07. The molecule has 0 aliphatic carbocycles. The van der Waals surface area contributed by atoms with Crippen molar-refractivity contribution in [3.8, 4) is 0 Å². The molecule has 0 radical (unpaired) electrons. The van der Waals surface area contributed by atoms with E-state index < -0.39 is 11.9 Å². The van der Waals surface area contributed by atoms with Crippen LogP contribution in [0.2, 0.25) is 0 Å². The molecule has 4 heteroatoms. The van der Waals surface area contributed by atoms with Crippen molar-refractivity contribution in [2.24, 2.45) is 0 Å². The SMILES string of the molecule is CCCCCC(C)OC(=O)/C=C/C(=O)OCCc1ccccc1. The Balaban J connectivity index is 2.19. The van der Waals surface area contributed by atoms with Crippen LogP contribution in [0.4, 0.5) is 0 Å². The van der Waals surface area contributed by atoms with Crippen molar-refractivity contribution < 1.29 is 19.1 Å². The molecule has 1 atom stereocenters. The van der Waals surface area contributed by atoms with E-state index in [-0.39, 0.29) is 12.7 Å². The number of ether oxygens (including phenoxy) is 2. The monoisotopic (exact) mass is 318 g/mol. The lowest BCUT2D eigenvalue weighted by Crippen LogP contribution is -2.13. The van der Waals surface area contributed by atoms with Gasteiger partial charge in [0.15, 0.2) is 0 Å². The van der Waals surface area contributed by atoms with Gasteiger partial charge in [0.1, 0.15) is 0 Å². The number of unbranched alkanes of at least 4 members (excludes halogenated alkanes) is 2. The lowest BCUT2D eigenvalue weighted by molar-refractivity contribution is -0.143. The van der Waals surface area contributed by atoms with Crippen LogP contribution in [0.1, 0.15) is 45.1 Å². The van der Waals surface area contributed by atoms with Crippen molar-refractivity contribution >= 4 is 11.9 Å². The van der Waals surface area contributed by atoms with Crippen molar-refractivity contribution in [3.63, 3.8) is 0 Å². The molecule has 0 aliphatic rings. The molecule has 23 heavy (non-hydrogen) atoms. The Kier molecular flexibility index (Phi) is 9.45. The molecule has 0 saturated carbocycles. The van der Waals surface area contributed by atoms with E-state index >= 15 is 0 Å². The molecular formula is C19H26O4. The van der Waals surface area contributed by atoms with Crippen LogP contribution in [0, 0.1) is 0 Å². The van der Waals surface area contributed by atoms with E-state index in [9.17, 15) is 9.59 Å². The Bertz CT molecular complexity index is 493. The fourth-order valence-electron chi connectivity index (χ4n) is 2.08. The third-order valence-electron chi connectivity index (χ3n) is 3.36. The zero-order valence-electron chi connectivity index (χ0n) is 14.0. The summed E-state index contributed by atoms with van der Waals surface area (Å²) in [7, 11) is 0. The maximum absolute atomic E-state index is 11.6. The van der Waals surface area contributed by atoms with E-state index in [0.717, 1.165) is 43.4 Å². The number of hydrogen-bond donors (Lipinski definition) is 0. The molecule has 0 amide bonds. The number of benzene rings is 1. The lowest BCUT2D eigenvalue weighted by atomic mass is 10.1. The molecule has 0 spiro atoms. The minimum absolute atomic E-state index is 0.132. The number of esters is 2. The first-order valence-electron chi connectivity index (χ1n) is 8.21. The minimum Gasteiger partial charge on any atom is -0.462 e. The molecule has 0 heterocycles. The average molecular weight is 318 g/mol. The van der Waals surface area contributed by atoms with Crippen molar-refractivity contribution in [1.82, 2.24) is 0 Å². The van der Waals surface area contributed by atoms with Crippen molar-refractivity contribution in [3.05, 3.63) is 48.0 Å². The number of carbonyl (C=O) groups excluding carboxylic acids is 2. The second-order valence-electron chi connectivity index (χ2n) is 5.48. The van der Waals surface area contributed by atoms with Gasteiger partial charge in [0.25, 0.3) is 0 Å². The first-order valence-corrected chi connectivity index (χ1v) is 8.21. The largest absolute Gasteiger partial charge is 0.462 e. The molecule has 0 aliphatic heterocycles. The number of carbonyl (C=O) groups is 2. The molecule has 0 N–H and O–H groups in total. The summed E-state index contributed by atoms with van der Waals surface area (Å²) in [6, 6.07) is 9.76. The average Bonchev–Trinajstić information content (AvgIpc) is 2.54. The molecule has 0 aromatic heterocycles. The predicted octanol–water partition coefficient (Wildman–Crippen LogP) is 3.84. The molecule has 126 valence electrons. The first-order chi connectivity index (χ1) is 11.1. The maximum Gasteiger partial charge on any atom is 0.331 e. The molecule has 1 aromatic rings. The normalized spacial score (nSPS) is 12.1. The summed E-state index contributed by atoms with van der Waals surface area (Å²) in [4.78, 5) is 23.1. The van der Waals surface area contributed by atoms with Crippen LogP contribution < -0.4 is 0 Å². The van der Waals surface area contributed by atoms with E-state index in [1.165, 1.54) is 0 Å². The fraction of sp³-hybridized carbons (Fsp3) is 0.474. The van der Waals surface area contributed by atoms with Crippen LogP contribution in [0.5, 0.6) is 0 Å². The Morgan fingerprint density at radius 1 is 1.09 bits per heavy atom. The van der Waals surface area contributed by atoms with Crippen LogP contribution in [-0.4, -0.2) is 24.6 Å². The van der Waals surface area contributed by atoms with Gasteiger partial charge in [0.2, 0.25) is 0 Å². The minimum atomic E-state index is -0.531. The molecule has 0 saturated heterocycles. The Morgan fingerprint density at radius 3 is 2.48 bits per heavy atom. The van der Waals surface area contributed by atoms with Crippen molar-refractivity contribution in [2.45, 2.75) is 52.1 Å². The highest BCUT2D eigenvalue weighted by atomic mass is 16.5. The quantitative estimate of drug-likeness (QED) is 0.374. The first kappa shape index (κ1) is 18.9. The Labute approximate surface area is 138 Å². The molecule has 1 aromatic carbocycles.